The van der Waals surface area contributed by atoms with Crippen molar-refractivity contribution < 1.29 is 14.3 Å². The first-order valence-corrected chi connectivity index (χ1v) is 5.30. The average molecular weight is 229 g/mol. The van der Waals surface area contributed by atoms with E-state index in [0.29, 0.717) is 32.7 Å². The minimum absolute atomic E-state index is 0.0894. The molecule has 0 aliphatic carbocycles. The molecule has 0 unspecified atom stereocenters. The molecule has 1 rings (SSSR count). The number of carbonyl (C=O) groups excluding carboxylic acids is 2. The molecular formula is C10H19N3O3. The maximum absolute atomic E-state index is 11.5. The summed E-state index contributed by atoms with van der Waals surface area (Å²) in [5, 5.41) is 0. The maximum atomic E-state index is 11.5. The Morgan fingerprint density at radius 1 is 1.19 bits per heavy atom. The van der Waals surface area contributed by atoms with Gasteiger partial charge in [0.15, 0.2) is 0 Å². The largest absolute Gasteiger partial charge is 0.453 e. The van der Waals surface area contributed by atoms with Gasteiger partial charge in [-0.1, -0.05) is 0 Å². The molecule has 0 aromatic heterocycles. The van der Waals surface area contributed by atoms with Crippen molar-refractivity contribution in [2.24, 2.45) is 0 Å². The van der Waals surface area contributed by atoms with Crippen LogP contribution in [0.5, 0.6) is 0 Å². The zero-order chi connectivity index (χ0) is 12.1. The molecule has 0 radical (unpaired) electrons. The van der Waals surface area contributed by atoms with Crippen molar-refractivity contribution in [3.05, 3.63) is 0 Å². The first kappa shape index (κ1) is 12.8. The third-order valence-corrected chi connectivity index (χ3v) is 2.66. The topological polar surface area (TPSA) is 53.1 Å². The van der Waals surface area contributed by atoms with Crippen LogP contribution in [-0.2, 0) is 9.53 Å². The molecule has 0 atom stereocenters. The third kappa shape index (κ3) is 3.37. The molecule has 2 amide bonds. The summed E-state index contributed by atoms with van der Waals surface area (Å²) in [6.45, 7) is 3.09. The van der Waals surface area contributed by atoms with Crippen LogP contribution in [0.15, 0.2) is 0 Å². The van der Waals surface area contributed by atoms with Gasteiger partial charge in [0.05, 0.1) is 13.7 Å². The van der Waals surface area contributed by atoms with E-state index in [9.17, 15) is 9.59 Å². The molecule has 0 saturated carbocycles. The highest BCUT2D eigenvalue weighted by atomic mass is 16.5. The predicted molar refractivity (Wildman–Crippen MR) is 59.1 cm³/mol. The highest BCUT2D eigenvalue weighted by molar-refractivity contribution is 5.77. The number of rotatable bonds is 2. The lowest BCUT2D eigenvalue weighted by Gasteiger charge is -2.33. The van der Waals surface area contributed by atoms with Gasteiger partial charge in [-0.25, -0.2) is 4.79 Å². The summed E-state index contributed by atoms with van der Waals surface area (Å²) in [5.74, 6) is 0.0894. The number of hydrogen-bond donors (Lipinski definition) is 0. The molecule has 16 heavy (non-hydrogen) atoms. The lowest BCUT2D eigenvalue weighted by molar-refractivity contribution is -0.130. The molecule has 0 aromatic rings. The Morgan fingerprint density at radius 2 is 1.75 bits per heavy atom. The summed E-state index contributed by atoms with van der Waals surface area (Å²) in [5.41, 5.74) is 0. The fourth-order valence-corrected chi connectivity index (χ4v) is 1.55. The van der Waals surface area contributed by atoms with Crippen molar-refractivity contribution in [2.45, 2.75) is 0 Å². The highest BCUT2D eigenvalue weighted by Gasteiger charge is 2.22. The van der Waals surface area contributed by atoms with Crippen LogP contribution in [0.1, 0.15) is 0 Å². The van der Waals surface area contributed by atoms with Crippen molar-refractivity contribution in [1.82, 2.24) is 14.7 Å². The van der Waals surface area contributed by atoms with Gasteiger partial charge in [0, 0.05) is 40.3 Å². The minimum atomic E-state index is -0.293. The average Bonchev–Trinajstić information content (AvgIpc) is 2.28. The summed E-state index contributed by atoms with van der Waals surface area (Å²) in [4.78, 5) is 27.9. The van der Waals surface area contributed by atoms with Crippen molar-refractivity contribution in [2.75, 3.05) is 53.9 Å². The number of nitrogens with zero attached hydrogens (tertiary/aromatic N) is 3. The third-order valence-electron chi connectivity index (χ3n) is 2.66. The van der Waals surface area contributed by atoms with Gasteiger partial charge in [-0.15, -0.1) is 0 Å². The Hall–Kier alpha value is -1.30. The summed E-state index contributed by atoms with van der Waals surface area (Å²) in [7, 11) is 4.87. The summed E-state index contributed by atoms with van der Waals surface area (Å²) in [6.07, 6.45) is -0.293. The first-order chi connectivity index (χ1) is 7.54. The van der Waals surface area contributed by atoms with Crippen LogP contribution in [0.2, 0.25) is 0 Å². The van der Waals surface area contributed by atoms with E-state index in [1.54, 1.807) is 23.9 Å². The lowest BCUT2D eigenvalue weighted by Crippen LogP contribution is -2.50. The molecule has 0 aromatic carbocycles. The van der Waals surface area contributed by atoms with Crippen LogP contribution in [0.3, 0.4) is 0 Å². The van der Waals surface area contributed by atoms with Gasteiger partial charge in [0.2, 0.25) is 5.91 Å². The van der Waals surface area contributed by atoms with E-state index in [4.69, 9.17) is 0 Å². The Balaban J connectivity index is 2.32. The van der Waals surface area contributed by atoms with E-state index in [2.05, 4.69) is 4.74 Å². The Labute approximate surface area is 95.7 Å². The van der Waals surface area contributed by atoms with Crippen molar-refractivity contribution in [1.29, 1.82) is 0 Å². The second-order valence-corrected chi connectivity index (χ2v) is 4.02. The van der Waals surface area contributed by atoms with E-state index < -0.39 is 0 Å². The molecule has 0 spiro atoms. The van der Waals surface area contributed by atoms with Gasteiger partial charge in [-0.05, 0) is 0 Å². The quantitative estimate of drug-likeness (QED) is 0.638. The molecule has 6 nitrogen and oxygen atoms in total. The summed E-state index contributed by atoms with van der Waals surface area (Å²) >= 11 is 0. The number of piperazine rings is 1. The summed E-state index contributed by atoms with van der Waals surface area (Å²) in [6, 6.07) is 0. The second-order valence-electron chi connectivity index (χ2n) is 4.02. The SMILES string of the molecule is COC(=O)N1CCN(CC(=O)N(C)C)CC1. The number of amides is 2. The molecule has 1 fully saturated rings. The zero-order valence-corrected chi connectivity index (χ0v) is 10.1. The van der Waals surface area contributed by atoms with Crippen LogP contribution < -0.4 is 0 Å². The molecule has 1 aliphatic rings. The number of likely N-dealkylation sites (N-methyl/N-ethyl adjacent to an activating group) is 1. The first-order valence-electron chi connectivity index (χ1n) is 5.30. The fraction of sp³-hybridized carbons (Fsp3) is 0.800. The normalized spacial score (nSPS) is 17.1. The van der Waals surface area contributed by atoms with Gasteiger partial charge in [0.25, 0.3) is 0 Å². The van der Waals surface area contributed by atoms with Crippen LogP contribution >= 0.6 is 0 Å². The van der Waals surface area contributed by atoms with E-state index in [1.807, 2.05) is 4.90 Å². The predicted octanol–water partition coefficient (Wildman–Crippen LogP) is -0.541. The molecule has 0 N–H and O–H groups in total. The van der Waals surface area contributed by atoms with E-state index in [0.717, 1.165) is 0 Å². The molecule has 0 bridgehead atoms. The van der Waals surface area contributed by atoms with Gasteiger partial charge < -0.3 is 14.5 Å². The second kappa shape index (κ2) is 5.69. The maximum Gasteiger partial charge on any atom is 0.409 e. The molecule has 1 aliphatic heterocycles. The van der Waals surface area contributed by atoms with Gasteiger partial charge in [-0.2, -0.15) is 0 Å². The fourth-order valence-electron chi connectivity index (χ4n) is 1.55. The monoisotopic (exact) mass is 229 g/mol. The molecule has 1 heterocycles. The Bertz CT molecular complexity index is 260. The molecular weight excluding hydrogens is 210 g/mol. The lowest BCUT2D eigenvalue weighted by atomic mass is 10.3. The van der Waals surface area contributed by atoms with Crippen LogP contribution in [0, 0.1) is 0 Å². The number of ether oxygens (including phenoxy) is 1. The highest BCUT2D eigenvalue weighted by Crippen LogP contribution is 2.03. The van der Waals surface area contributed by atoms with Crippen molar-refractivity contribution >= 4 is 12.0 Å². The standard InChI is InChI=1S/C10H19N3O3/c1-11(2)9(14)8-12-4-6-13(7-5-12)10(15)16-3/h4-8H2,1-3H3. The smallest absolute Gasteiger partial charge is 0.409 e. The molecule has 92 valence electrons. The number of hydrogen-bond acceptors (Lipinski definition) is 4. The zero-order valence-electron chi connectivity index (χ0n) is 10.1. The minimum Gasteiger partial charge on any atom is -0.453 e. The van der Waals surface area contributed by atoms with Crippen molar-refractivity contribution in [3.63, 3.8) is 0 Å². The Morgan fingerprint density at radius 3 is 2.19 bits per heavy atom. The van der Waals surface area contributed by atoms with Gasteiger partial charge in [0.1, 0.15) is 0 Å². The number of methoxy groups -OCH3 is 1. The van der Waals surface area contributed by atoms with Crippen LogP contribution in [0.25, 0.3) is 0 Å². The van der Waals surface area contributed by atoms with Crippen LogP contribution in [-0.4, -0.2) is 80.6 Å². The summed E-state index contributed by atoms with van der Waals surface area (Å²) < 4.78 is 4.64. The molecule has 6 heteroatoms. The number of carbonyl (C=O) groups is 2. The Kier molecular flexibility index (Phi) is 4.54. The van der Waals surface area contributed by atoms with Gasteiger partial charge >= 0.3 is 6.09 Å². The van der Waals surface area contributed by atoms with E-state index in [-0.39, 0.29) is 12.0 Å². The van der Waals surface area contributed by atoms with Crippen LogP contribution in [0.4, 0.5) is 4.79 Å². The van der Waals surface area contributed by atoms with Crippen molar-refractivity contribution in [3.8, 4) is 0 Å². The van der Waals surface area contributed by atoms with E-state index in [1.165, 1.54) is 7.11 Å². The van der Waals surface area contributed by atoms with Gasteiger partial charge in [-0.3, -0.25) is 9.69 Å². The molecule has 1 saturated heterocycles. The van der Waals surface area contributed by atoms with E-state index >= 15 is 0 Å².